The van der Waals surface area contributed by atoms with Gasteiger partial charge in [-0.05, 0) is 13.8 Å². The summed E-state index contributed by atoms with van der Waals surface area (Å²) in [4.78, 5) is 0. The molecule has 0 unspecified atom stereocenters. The van der Waals surface area contributed by atoms with E-state index < -0.39 is 0 Å². The van der Waals surface area contributed by atoms with Gasteiger partial charge in [-0.1, -0.05) is 30.3 Å². The van der Waals surface area contributed by atoms with Gasteiger partial charge in [-0.25, -0.2) is 0 Å². The van der Waals surface area contributed by atoms with E-state index in [9.17, 15) is 0 Å². The minimum Gasteiger partial charge on any atom is -0.0622 e. The van der Waals surface area contributed by atoms with Crippen LogP contribution in [0.5, 0.6) is 0 Å². The third-order valence-electron chi connectivity index (χ3n) is 1.47. The molecule has 54 valence electrons. The topological polar surface area (TPSA) is 0 Å². The molecule has 0 nitrogen and oxygen atoms in total. The van der Waals surface area contributed by atoms with Crippen molar-refractivity contribution in [3.05, 3.63) is 35.9 Å². The van der Waals surface area contributed by atoms with Gasteiger partial charge in [0.2, 0.25) is 0 Å². The summed E-state index contributed by atoms with van der Waals surface area (Å²) >= 11 is 2.15. The van der Waals surface area contributed by atoms with E-state index >= 15 is 0 Å². The minimum atomic E-state index is 0.303. The number of benzene rings is 1. The molecule has 10 heavy (non-hydrogen) atoms. The quantitative estimate of drug-likeness (QED) is 0.450. The Morgan fingerprint density at radius 1 is 1.10 bits per heavy atom. The van der Waals surface area contributed by atoms with Crippen LogP contribution in [0.3, 0.4) is 0 Å². The molecule has 0 N–H and O–H groups in total. The second-order valence-electron chi connectivity index (χ2n) is 2.88. The van der Waals surface area contributed by atoms with Crippen molar-refractivity contribution in [2.75, 3.05) is 0 Å². The first-order valence-corrected chi connectivity index (χ1v) is 4.53. The van der Waals surface area contributed by atoms with Crippen molar-refractivity contribution in [3.63, 3.8) is 0 Å². The highest BCUT2D eigenvalue weighted by molar-refractivity contribution is 5.19. The van der Waals surface area contributed by atoms with Crippen LogP contribution in [0.1, 0.15) is 19.4 Å². The Kier molecular flexibility index (Phi) is 2.34. The highest BCUT2D eigenvalue weighted by atomic mass is 127. The molecular weight excluding hydrogens is 235 g/mol. The summed E-state index contributed by atoms with van der Waals surface area (Å²) in [5, 5.41) is 0. The van der Waals surface area contributed by atoms with Gasteiger partial charge in [0.15, 0.2) is 3.42 Å². The molecule has 0 saturated carbocycles. The van der Waals surface area contributed by atoms with Crippen LogP contribution in [-0.2, 0) is 3.42 Å². The van der Waals surface area contributed by atoms with Crippen molar-refractivity contribution >= 4 is 0 Å². The van der Waals surface area contributed by atoms with Gasteiger partial charge in [0.1, 0.15) is 0 Å². The molecule has 0 saturated heterocycles. The number of alkyl halides is 1. The molecule has 0 bridgehead atoms. The lowest BCUT2D eigenvalue weighted by atomic mass is 10.0. The van der Waals surface area contributed by atoms with Crippen molar-refractivity contribution in [2.24, 2.45) is 0 Å². The Morgan fingerprint density at radius 3 is 1.90 bits per heavy atom. The second-order valence-corrected chi connectivity index (χ2v) is 5.79. The van der Waals surface area contributed by atoms with Gasteiger partial charge >= 0.3 is 0 Å². The normalized spacial score (nSPS) is 11.5. The average molecular weight is 247 g/mol. The molecular formula is C9H12I+. The zero-order chi connectivity index (χ0) is 7.61. The lowest BCUT2D eigenvalue weighted by Crippen LogP contribution is -3.41. The zero-order valence-corrected chi connectivity index (χ0v) is 8.63. The smallest absolute Gasteiger partial charge is 0.0622 e. The Bertz CT molecular complexity index is 196. The summed E-state index contributed by atoms with van der Waals surface area (Å²) in [5.74, 6) is 0. The van der Waals surface area contributed by atoms with Gasteiger partial charge in [0.25, 0.3) is 22.6 Å². The molecule has 0 aromatic heterocycles. The van der Waals surface area contributed by atoms with Crippen LogP contribution < -0.4 is 22.6 Å². The SMILES string of the molecule is CC(C)([IH+])c1ccccc1. The third kappa shape index (κ3) is 1.97. The number of hydrogen-bond acceptors (Lipinski definition) is 0. The summed E-state index contributed by atoms with van der Waals surface area (Å²) in [6.45, 7) is 4.46. The van der Waals surface area contributed by atoms with E-state index in [-0.39, 0.29) is 0 Å². The Balaban J connectivity index is 2.97. The van der Waals surface area contributed by atoms with E-state index in [1.807, 2.05) is 0 Å². The first-order chi connectivity index (χ1) is 4.61. The van der Waals surface area contributed by atoms with Crippen molar-refractivity contribution in [1.82, 2.24) is 0 Å². The molecule has 1 rings (SSSR count). The maximum atomic E-state index is 2.23. The number of halogens is 1. The van der Waals surface area contributed by atoms with Crippen LogP contribution in [-0.4, -0.2) is 0 Å². The van der Waals surface area contributed by atoms with Gasteiger partial charge in [0, 0.05) is 5.56 Å². The van der Waals surface area contributed by atoms with Crippen LogP contribution in [0.15, 0.2) is 30.3 Å². The Labute approximate surface area is 75.8 Å². The third-order valence-corrected chi connectivity index (χ3v) is 2.14. The molecule has 0 aliphatic heterocycles. The highest BCUT2D eigenvalue weighted by Gasteiger charge is 2.24. The molecule has 0 spiro atoms. The summed E-state index contributed by atoms with van der Waals surface area (Å²) < 4.78 is 0.303. The summed E-state index contributed by atoms with van der Waals surface area (Å²) in [5.41, 5.74) is 1.40. The molecule has 0 aliphatic rings. The molecule has 0 fully saturated rings. The molecule has 0 atom stereocenters. The lowest BCUT2D eigenvalue weighted by Gasteiger charge is -2.06. The van der Waals surface area contributed by atoms with Gasteiger partial charge in [-0.3, -0.25) is 0 Å². The highest BCUT2D eigenvalue weighted by Crippen LogP contribution is 2.11. The van der Waals surface area contributed by atoms with Crippen LogP contribution in [0.25, 0.3) is 0 Å². The van der Waals surface area contributed by atoms with Crippen LogP contribution in [0.4, 0.5) is 0 Å². The van der Waals surface area contributed by atoms with E-state index in [0.717, 1.165) is 0 Å². The summed E-state index contributed by atoms with van der Waals surface area (Å²) in [6, 6.07) is 10.6. The van der Waals surface area contributed by atoms with E-state index in [2.05, 4.69) is 66.8 Å². The lowest BCUT2D eigenvalue weighted by molar-refractivity contribution is -0.475. The van der Waals surface area contributed by atoms with E-state index in [0.29, 0.717) is 3.42 Å². The Hall–Kier alpha value is -0.0500. The van der Waals surface area contributed by atoms with Crippen molar-refractivity contribution < 1.29 is 22.6 Å². The monoisotopic (exact) mass is 247 g/mol. The van der Waals surface area contributed by atoms with E-state index in [1.165, 1.54) is 5.56 Å². The second kappa shape index (κ2) is 2.91. The van der Waals surface area contributed by atoms with Gasteiger partial charge in [-0.2, -0.15) is 0 Å². The van der Waals surface area contributed by atoms with Crippen molar-refractivity contribution in [1.29, 1.82) is 0 Å². The average Bonchev–Trinajstić information content (AvgIpc) is 1.88. The maximum Gasteiger partial charge on any atom is 0.263 e. The standard InChI is InChI=1S/C9H12I/c1-9(2,10)8-6-4-3-5-7-8/h3-7,10H,1-2H3/q+1. The van der Waals surface area contributed by atoms with Crippen molar-refractivity contribution in [3.8, 4) is 0 Å². The maximum absolute atomic E-state index is 2.23. The molecule has 1 aromatic rings. The first-order valence-electron chi connectivity index (χ1n) is 3.36. The predicted octanol–water partition coefficient (Wildman–Crippen LogP) is -0.793. The van der Waals surface area contributed by atoms with E-state index in [4.69, 9.17) is 0 Å². The summed E-state index contributed by atoms with van der Waals surface area (Å²) in [6.07, 6.45) is 0. The number of hydrogen-bond donors (Lipinski definition) is 0. The molecule has 0 aliphatic carbocycles. The molecule has 0 heterocycles. The van der Waals surface area contributed by atoms with E-state index in [1.54, 1.807) is 0 Å². The fourth-order valence-electron chi connectivity index (χ4n) is 0.840. The fraction of sp³-hybridized carbons (Fsp3) is 0.333. The number of rotatable bonds is 1. The fourth-order valence-corrected chi connectivity index (χ4v) is 1.23. The first kappa shape index (κ1) is 8.05. The molecule has 0 radical (unpaired) electrons. The molecule has 1 heteroatoms. The van der Waals surface area contributed by atoms with Gasteiger partial charge in [-0.15, -0.1) is 0 Å². The minimum absolute atomic E-state index is 0.303. The molecule has 1 aromatic carbocycles. The van der Waals surface area contributed by atoms with Gasteiger partial charge < -0.3 is 0 Å². The Morgan fingerprint density at radius 2 is 1.60 bits per heavy atom. The van der Waals surface area contributed by atoms with Crippen LogP contribution in [0, 0.1) is 0 Å². The predicted molar refractivity (Wildman–Crippen MR) is 40.9 cm³/mol. The summed E-state index contributed by atoms with van der Waals surface area (Å²) in [7, 11) is 0. The zero-order valence-electron chi connectivity index (χ0n) is 6.29. The van der Waals surface area contributed by atoms with Crippen LogP contribution in [0.2, 0.25) is 0 Å². The van der Waals surface area contributed by atoms with Crippen LogP contribution >= 0.6 is 0 Å². The van der Waals surface area contributed by atoms with Crippen molar-refractivity contribution in [2.45, 2.75) is 17.3 Å². The molecule has 0 amide bonds. The largest absolute Gasteiger partial charge is 0.263 e. The van der Waals surface area contributed by atoms with Gasteiger partial charge in [0.05, 0.1) is 0 Å².